The van der Waals surface area contributed by atoms with Gasteiger partial charge in [0.2, 0.25) is 0 Å². The molecule has 0 aromatic heterocycles. The van der Waals surface area contributed by atoms with Crippen LogP contribution in [-0.4, -0.2) is 36.0 Å². The van der Waals surface area contributed by atoms with Crippen LogP contribution in [0, 0.1) is 33.5 Å². The molecule has 2 bridgehead atoms. The Kier molecular flexibility index (Phi) is 3.40. The van der Waals surface area contributed by atoms with Gasteiger partial charge in [0.05, 0.1) is 24.9 Å². The molecule has 1 spiro atoms. The number of carbonyl (C=O) groups is 1. The minimum absolute atomic E-state index is 0.0252. The van der Waals surface area contributed by atoms with Crippen molar-refractivity contribution in [2.45, 2.75) is 91.0 Å². The smallest absolute Gasteiger partial charge is 0.302 e. The molecule has 5 fully saturated rings. The quantitative estimate of drug-likeness (QED) is 0.601. The molecule has 1 saturated heterocycles. The van der Waals surface area contributed by atoms with Gasteiger partial charge < -0.3 is 14.6 Å². The number of ether oxygens (including phenoxy) is 2. The van der Waals surface area contributed by atoms with E-state index in [0.29, 0.717) is 24.5 Å². The molecule has 1 aliphatic heterocycles. The Balaban J connectivity index is 1.51. The molecule has 0 aromatic rings. The molecule has 1 heterocycles. The topological polar surface area (TPSA) is 59.1 Å². The van der Waals surface area contributed by atoms with Gasteiger partial charge in [-0.15, -0.1) is 0 Å². The van der Waals surface area contributed by atoms with Gasteiger partial charge in [-0.05, 0) is 55.8 Å². The Morgan fingerprint density at radius 2 is 1.77 bits per heavy atom. The van der Waals surface area contributed by atoms with Crippen LogP contribution in [0.2, 0.25) is 0 Å². The lowest BCUT2D eigenvalue weighted by atomic mass is 9.39. The first-order valence-corrected chi connectivity index (χ1v) is 10.7. The van der Waals surface area contributed by atoms with Crippen molar-refractivity contribution >= 4 is 5.97 Å². The molecule has 4 nitrogen and oxygen atoms in total. The van der Waals surface area contributed by atoms with Crippen LogP contribution in [-0.2, 0) is 14.3 Å². The van der Waals surface area contributed by atoms with E-state index in [1.54, 1.807) is 0 Å². The summed E-state index contributed by atoms with van der Waals surface area (Å²) in [6, 6.07) is 0. The highest BCUT2D eigenvalue weighted by Gasteiger charge is 2.81. The minimum Gasteiger partial charge on any atom is -0.465 e. The number of epoxide rings is 1. The highest BCUT2D eigenvalue weighted by molar-refractivity contribution is 5.65. The van der Waals surface area contributed by atoms with E-state index >= 15 is 0 Å². The summed E-state index contributed by atoms with van der Waals surface area (Å²) in [5.74, 6) is 0.930. The summed E-state index contributed by atoms with van der Waals surface area (Å²) in [7, 11) is 0. The van der Waals surface area contributed by atoms with Crippen LogP contribution in [0.15, 0.2) is 0 Å². The largest absolute Gasteiger partial charge is 0.465 e. The Hall–Kier alpha value is -0.610. The number of aliphatic hydroxyl groups excluding tert-OH is 1. The molecule has 5 rings (SSSR count). The molecule has 26 heavy (non-hydrogen) atoms. The van der Waals surface area contributed by atoms with Crippen LogP contribution >= 0.6 is 0 Å². The predicted molar refractivity (Wildman–Crippen MR) is 97.4 cm³/mol. The van der Waals surface area contributed by atoms with Crippen molar-refractivity contribution in [3.63, 3.8) is 0 Å². The van der Waals surface area contributed by atoms with Gasteiger partial charge in [0, 0.05) is 23.2 Å². The van der Waals surface area contributed by atoms with Crippen LogP contribution in [0.25, 0.3) is 0 Å². The predicted octanol–water partition coefficient (Wildman–Crippen LogP) is 3.70. The van der Waals surface area contributed by atoms with Gasteiger partial charge in [-0.2, -0.15) is 0 Å². The van der Waals surface area contributed by atoms with Crippen molar-refractivity contribution in [1.29, 1.82) is 0 Å². The number of hydrogen-bond acceptors (Lipinski definition) is 4. The first kappa shape index (κ1) is 17.5. The SMILES string of the molecule is CC(=O)OC[C@@]1(C)CCC[C@]2(C)[C@@H]1CC[C@]13C(O)[C@](C)(CC[C@@H]21)[C@H]1O[C@H]13. The summed E-state index contributed by atoms with van der Waals surface area (Å²) in [5.41, 5.74) is 0.228. The van der Waals surface area contributed by atoms with Crippen LogP contribution in [0.4, 0.5) is 0 Å². The summed E-state index contributed by atoms with van der Waals surface area (Å²) in [4.78, 5) is 11.5. The van der Waals surface area contributed by atoms with Crippen LogP contribution < -0.4 is 0 Å². The van der Waals surface area contributed by atoms with E-state index < -0.39 is 0 Å². The number of fused-ring (bicyclic) bond motifs is 5. The lowest BCUT2D eigenvalue weighted by Crippen LogP contribution is -2.64. The maximum Gasteiger partial charge on any atom is 0.302 e. The number of rotatable bonds is 2. The fourth-order valence-corrected chi connectivity index (χ4v) is 8.68. The standard InChI is InChI=1S/C22H34O4/c1-13(23)25-12-19(2)8-5-9-20(3)14(19)7-11-22-15(20)6-10-21(4,18(22)24)16-17(22)26-16/h14-18,24H,5-12H2,1-4H3/t14-,15+,16+,17-,18?,19-,20-,21-,22+/m1/s1. The van der Waals surface area contributed by atoms with Crippen molar-refractivity contribution in [3.05, 3.63) is 0 Å². The molecular weight excluding hydrogens is 328 g/mol. The van der Waals surface area contributed by atoms with E-state index in [4.69, 9.17) is 9.47 Å². The number of carbonyl (C=O) groups excluding carboxylic acids is 1. The van der Waals surface area contributed by atoms with Crippen molar-refractivity contribution in [2.24, 2.45) is 33.5 Å². The van der Waals surface area contributed by atoms with Gasteiger partial charge >= 0.3 is 5.97 Å². The molecule has 0 amide bonds. The second-order valence-corrected chi connectivity index (χ2v) is 11.0. The van der Waals surface area contributed by atoms with E-state index in [0.717, 1.165) is 25.7 Å². The summed E-state index contributed by atoms with van der Waals surface area (Å²) in [6.45, 7) is 9.14. The molecule has 4 heteroatoms. The average molecular weight is 363 g/mol. The van der Waals surface area contributed by atoms with E-state index in [1.807, 2.05) is 0 Å². The molecule has 0 radical (unpaired) electrons. The fourth-order valence-electron chi connectivity index (χ4n) is 8.68. The van der Waals surface area contributed by atoms with Crippen LogP contribution in [0.5, 0.6) is 0 Å². The van der Waals surface area contributed by atoms with E-state index in [1.165, 1.54) is 26.2 Å². The zero-order chi connectivity index (χ0) is 18.5. The molecule has 0 aromatic carbocycles. The van der Waals surface area contributed by atoms with Crippen molar-refractivity contribution in [2.75, 3.05) is 6.61 Å². The lowest BCUT2D eigenvalue weighted by molar-refractivity contribution is -0.228. The van der Waals surface area contributed by atoms with Gasteiger partial charge in [-0.3, -0.25) is 4.79 Å². The third-order valence-electron chi connectivity index (χ3n) is 9.79. The Labute approximate surface area is 157 Å². The van der Waals surface area contributed by atoms with E-state index in [2.05, 4.69) is 20.8 Å². The molecule has 1 N–H and O–H groups in total. The zero-order valence-electron chi connectivity index (χ0n) is 16.7. The van der Waals surface area contributed by atoms with E-state index in [-0.39, 0.29) is 39.8 Å². The molecule has 9 atom stereocenters. The molecule has 1 unspecified atom stereocenters. The molecule has 146 valence electrons. The van der Waals surface area contributed by atoms with Gasteiger partial charge in [-0.1, -0.05) is 27.2 Å². The second-order valence-electron chi connectivity index (χ2n) is 11.0. The molecule has 5 aliphatic rings. The summed E-state index contributed by atoms with van der Waals surface area (Å²) in [5, 5.41) is 11.4. The van der Waals surface area contributed by atoms with E-state index in [9.17, 15) is 9.90 Å². The molecular formula is C22H34O4. The number of esters is 1. The first-order valence-electron chi connectivity index (χ1n) is 10.7. The van der Waals surface area contributed by atoms with Crippen LogP contribution in [0.1, 0.15) is 72.6 Å². The summed E-state index contributed by atoms with van der Waals surface area (Å²) >= 11 is 0. The van der Waals surface area contributed by atoms with Gasteiger partial charge in [-0.25, -0.2) is 0 Å². The monoisotopic (exact) mass is 362 g/mol. The number of hydrogen-bond donors (Lipinski definition) is 1. The van der Waals surface area contributed by atoms with Crippen LogP contribution in [0.3, 0.4) is 0 Å². The second kappa shape index (κ2) is 5.05. The molecule has 4 saturated carbocycles. The van der Waals surface area contributed by atoms with Gasteiger partial charge in [0.15, 0.2) is 0 Å². The normalized spacial score (nSPS) is 59.8. The first-order chi connectivity index (χ1) is 12.2. The van der Waals surface area contributed by atoms with Crippen molar-refractivity contribution in [3.8, 4) is 0 Å². The van der Waals surface area contributed by atoms with Crippen molar-refractivity contribution in [1.82, 2.24) is 0 Å². The van der Waals surface area contributed by atoms with Gasteiger partial charge in [0.25, 0.3) is 0 Å². The third kappa shape index (κ3) is 1.86. The maximum absolute atomic E-state index is 11.5. The Morgan fingerprint density at radius 3 is 2.50 bits per heavy atom. The minimum atomic E-state index is -0.211. The highest BCUT2D eigenvalue weighted by Crippen LogP contribution is 2.77. The van der Waals surface area contributed by atoms with Gasteiger partial charge in [0.1, 0.15) is 0 Å². The molecule has 4 aliphatic carbocycles. The summed E-state index contributed by atoms with van der Waals surface area (Å²) in [6.07, 6.45) is 8.45. The lowest BCUT2D eigenvalue weighted by Gasteiger charge is -2.66. The van der Waals surface area contributed by atoms with Crippen molar-refractivity contribution < 1.29 is 19.4 Å². The maximum atomic E-state index is 11.5. The average Bonchev–Trinajstić information content (AvgIpc) is 3.36. The number of aliphatic hydroxyl groups is 1. The Bertz CT molecular complexity index is 648. The zero-order valence-corrected chi connectivity index (χ0v) is 16.7. The Morgan fingerprint density at radius 1 is 1.04 bits per heavy atom. The summed E-state index contributed by atoms with van der Waals surface area (Å²) < 4.78 is 11.7. The fraction of sp³-hybridized carbons (Fsp3) is 0.955. The highest BCUT2D eigenvalue weighted by atomic mass is 16.6. The third-order valence-corrected chi connectivity index (χ3v) is 9.79.